The third-order valence-corrected chi connectivity index (χ3v) is 5.45. The van der Waals surface area contributed by atoms with Gasteiger partial charge in [-0.15, -0.1) is 11.8 Å². The maximum absolute atomic E-state index is 13.0. The van der Waals surface area contributed by atoms with Gasteiger partial charge < -0.3 is 5.32 Å². The van der Waals surface area contributed by atoms with Gasteiger partial charge in [0, 0.05) is 16.2 Å². The molecule has 0 spiro atoms. The molecule has 0 atom stereocenters. The fraction of sp³-hybridized carbons (Fsp3) is 0.208. The van der Waals surface area contributed by atoms with Gasteiger partial charge in [0.15, 0.2) is 0 Å². The Kier molecular flexibility index (Phi) is 6.36. The van der Waals surface area contributed by atoms with Gasteiger partial charge in [0.05, 0.1) is 5.56 Å². The highest BCUT2D eigenvalue weighted by Gasteiger charge is 2.23. The van der Waals surface area contributed by atoms with Crippen molar-refractivity contribution in [1.82, 2.24) is 5.32 Å². The van der Waals surface area contributed by atoms with Crippen LogP contribution < -0.4 is 5.32 Å². The zero-order valence-electron chi connectivity index (χ0n) is 15.8. The van der Waals surface area contributed by atoms with Crippen molar-refractivity contribution in [1.29, 1.82) is 0 Å². The van der Waals surface area contributed by atoms with Crippen molar-refractivity contribution in [2.24, 2.45) is 0 Å². The number of carbonyl (C=O) groups is 1. The smallest absolute Gasteiger partial charge is 0.252 e. The maximum atomic E-state index is 13.0. The number of hydrogen-bond acceptors (Lipinski definition) is 2. The number of hydrogen-bond donors (Lipinski definition) is 1. The van der Waals surface area contributed by atoms with Crippen LogP contribution in [0, 0.1) is 0 Å². The van der Waals surface area contributed by atoms with Crippen LogP contribution in [-0.2, 0) is 12.2 Å². The summed E-state index contributed by atoms with van der Waals surface area (Å²) < 4.78 is 0. The zero-order chi connectivity index (χ0) is 19.1. The standard InChI is InChI=1S/C24H25NOS/c1-24(2,17-19-11-5-3-6-12-19)25-23(26)21-15-9-10-16-22(21)27-18-20-13-7-4-8-14-20/h3-16H,17-18H2,1-2H3,(H,25,26). The first kappa shape index (κ1) is 19.2. The highest BCUT2D eigenvalue weighted by atomic mass is 32.2. The van der Waals surface area contributed by atoms with Gasteiger partial charge in [0.2, 0.25) is 0 Å². The van der Waals surface area contributed by atoms with E-state index >= 15 is 0 Å². The molecule has 1 N–H and O–H groups in total. The number of nitrogens with one attached hydrogen (secondary N) is 1. The van der Waals surface area contributed by atoms with E-state index in [2.05, 4.69) is 43.4 Å². The SMILES string of the molecule is CC(C)(Cc1ccccc1)NC(=O)c1ccccc1SCc1ccccc1. The second-order valence-corrected chi connectivity index (χ2v) is 8.29. The minimum Gasteiger partial charge on any atom is -0.347 e. The van der Waals surface area contributed by atoms with Crippen molar-refractivity contribution in [2.75, 3.05) is 0 Å². The normalized spacial score (nSPS) is 11.2. The molecule has 3 rings (SSSR count). The molecule has 0 aromatic heterocycles. The Bertz CT molecular complexity index is 875. The van der Waals surface area contributed by atoms with E-state index in [4.69, 9.17) is 0 Å². The minimum absolute atomic E-state index is 0.0212. The Morgan fingerprint density at radius 3 is 2.04 bits per heavy atom. The van der Waals surface area contributed by atoms with Crippen molar-refractivity contribution < 1.29 is 4.79 Å². The summed E-state index contributed by atoms with van der Waals surface area (Å²) in [6.45, 7) is 4.13. The van der Waals surface area contributed by atoms with E-state index in [9.17, 15) is 4.79 Å². The Morgan fingerprint density at radius 2 is 1.37 bits per heavy atom. The van der Waals surface area contributed by atoms with Crippen LogP contribution in [0.15, 0.2) is 89.8 Å². The summed E-state index contributed by atoms with van der Waals surface area (Å²) in [4.78, 5) is 14.0. The summed E-state index contributed by atoms with van der Waals surface area (Å²) in [5.74, 6) is 0.825. The van der Waals surface area contributed by atoms with Crippen LogP contribution in [0.1, 0.15) is 35.3 Å². The van der Waals surface area contributed by atoms with Crippen LogP contribution in [0.4, 0.5) is 0 Å². The fourth-order valence-electron chi connectivity index (χ4n) is 3.04. The first-order chi connectivity index (χ1) is 13.0. The van der Waals surface area contributed by atoms with E-state index in [1.165, 1.54) is 11.1 Å². The van der Waals surface area contributed by atoms with Crippen LogP contribution in [0.25, 0.3) is 0 Å². The predicted molar refractivity (Wildman–Crippen MR) is 114 cm³/mol. The molecule has 27 heavy (non-hydrogen) atoms. The molecular weight excluding hydrogens is 350 g/mol. The van der Waals surface area contributed by atoms with E-state index in [1.807, 2.05) is 60.7 Å². The zero-order valence-corrected chi connectivity index (χ0v) is 16.6. The molecule has 0 bridgehead atoms. The van der Waals surface area contributed by atoms with E-state index in [1.54, 1.807) is 11.8 Å². The second-order valence-electron chi connectivity index (χ2n) is 7.27. The van der Waals surface area contributed by atoms with Crippen molar-refractivity contribution in [3.8, 4) is 0 Å². The van der Waals surface area contributed by atoms with E-state index in [0.717, 1.165) is 22.6 Å². The van der Waals surface area contributed by atoms with Crippen LogP contribution in [0.3, 0.4) is 0 Å². The van der Waals surface area contributed by atoms with Gasteiger partial charge in [-0.25, -0.2) is 0 Å². The van der Waals surface area contributed by atoms with Gasteiger partial charge in [-0.2, -0.15) is 0 Å². The third-order valence-electron chi connectivity index (χ3n) is 4.31. The van der Waals surface area contributed by atoms with Gasteiger partial charge in [0.1, 0.15) is 0 Å². The first-order valence-corrected chi connectivity index (χ1v) is 10.1. The molecular formula is C24H25NOS. The van der Waals surface area contributed by atoms with Gasteiger partial charge in [-0.1, -0.05) is 72.8 Å². The fourth-order valence-corrected chi connectivity index (χ4v) is 4.05. The summed E-state index contributed by atoms with van der Waals surface area (Å²) in [7, 11) is 0. The largest absolute Gasteiger partial charge is 0.347 e. The molecule has 0 saturated heterocycles. The lowest BCUT2D eigenvalue weighted by Gasteiger charge is -2.27. The monoisotopic (exact) mass is 375 g/mol. The van der Waals surface area contributed by atoms with Gasteiger partial charge >= 0.3 is 0 Å². The quantitative estimate of drug-likeness (QED) is 0.534. The molecule has 138 valence electrons. The van der Waals surface area contributed by atoms with Gasteiger partial charge in [-0.05, 0) is 43.5 Å². The molecule has 0 radical (unpaired) electrons. The lowest BCUT2D eigenvalue weighted by molar-refractivity contribution is 0.0910. The average Bonchev–Trinajstić information content (AvgIpc) is 2.67. The summed E-state index contributed by atoms with van der Waals surface area (Å²) >= 11 is 1.70. The highest BCUT2D eigenvalue weighted by molar-refractivity contribution is 7.98. The van der Waals surface area contributed by atoms with Crippen LogP contribution >= 0.6 is 11.8 Å². The van der Waals surface area contributed by atoms with Gasteiger partial charge in [0.25, 0.3) is 5.91 Å². The number of carbonyl (C=O) groups excluding carboxylic acids is 1. The first-order valence-electron chi connectivity index (χ1n) is 9.16. The lowest BCUT2D eigenvalue weighted by atomic mass is 9.94. The third kappa shape index (κ3) is 5.73. The van der Waals surface area contributed by atoms with E-state index in [0.29, 0.717) is 0 Å². The average molecular weight is 376 g/mol. The van der Waals surface area contributed by atoms with Crippen LogP contribution in [0.2, 0.25) is 0 Å². The predicted octanol–water partition coefficient (Wildman–Crippen LogP) is 5.73. The molecule has 3 aromatic carbocycles. The number of rotatable bonds is 7. The van der Waals surface area contributed by atoms with Crippen molar-refractivity contribution in [2.45, 2.75) is 36.5 Å². The summed E-state index contributed by atoms with van der Waals surface area (Å²) in [6.07, 6.45) is 0.791. The molecule has 3 heteroatoms. The summed E-state index contributed by atoms with van der Waals surface area (Å²) in [5.41, 5.74) is 2.88. The lowest BCUT2D eigenvalue weighted by Crippen LogP contribution is -2.45. The molecule has 0 aliphatic heterocycles. The molecule has 3 aromatic rings. The van der Waals surface area contributed by atoms with Crippen molar-refractivity contribution in [3.05, 3.63) is 102 Å². The van der Waals surface area contributed by atoms with Crippen LogP contribution in [0.5, 0.6) is 0 Å². The summed E-state index contributed by atoms with van der Waals surface area (Å²) in [5, 5.41) is 3.21. The van der Waals surface area contributed by atoms with Crippen molar-refractivity contribution in [3.63, 3.8) is 0 Å². The maximum Gasteiger partial charge on any atom is 0.252 e. The Balaban J connectivity index is 1.69. The minimum atomic E-state index is -0.324. The molecule has 0 heterocycles. The van der Waals surface area contributed by atoms with Crippen LogP contribution in [-0.4, -0.2) is 11.4 Å². The number of amides is 1. The summed E-state index contributed by atoms with van der Waals surface area (Å²) in [6, 6.07) is 28.4. The Labute approximate surface area is 166 Å². The van der Waals surface area contributed by atoms with E-state index < -0.39 is 0 Å². The van der Waals surface area contributed by atoms with Gasteiger partial charge in [-0.3, -0.25) is 4.79 Å². The molecule has 0 unspecified atom stereocenters. The molecule has 1 amide bonds. The van der Waals surface area contributed by atoms with Crippen molar-refractivity contribution >= 4 is 17.7 Å². The second kappa shape index (κ2) is 8.92. The topological polar surface area (TPSA) is 29.1 Å². The molecule has 0 aliphatic rings. The van der Waals surface area contributed by atoms with E-state index in [-0.39, 0.29) is 11.4 Å². The molecule has 0 saturated carbocycles. The number of thioether (sulfide) groups is 1. The molecule has 0 fully saturated rings. The molecule has 2 nitrogen and oxygen atoms in total. The molecule has 0 aliphatic carbocycles. The Morgan fingerprint density at radius 1 is 0.815 bits per heavy atom. The highest BCUT2D eigenvalue weighted by Crippen LogP contribution is 2.27. The Hall–Kier alpha value is -2.52. The number of benzene rings is 3.